The number of aliphatic imine (C=N–C) groups is 1. The molecule has 3 aromatic rings. The van der Waals surface area contributed by atoms with Crippen LogP contribution < -0.4 is 10.2 Å². The SMILES string of the molecule is Cc1c[nH]c2ncnc(N3CCN(C(=Nc4cccc(C(C)(C)C)c4)NC#N)[C@@H](C)C3)c12. The molecule has 166 valence electrons. The summed E-state index contributed by atoms with van der Waals surface area (Å²) in [6.45, 7) is 13.0. The van der Waals surface area contributed by atoms with Gasteiger partial charge in [-0.3, -0.25) is 5.32 Å². The molecule has 8 heteroatoms. The zero-order valence-corrected chi connectivity index (χ0v) is 19.3. The summed E-state index contributed by atoms with van der Waals surface area (Å²) in [5.41, 5.74) is 4.08. The lowest BCUT2D eigenvalue weighted by Crippen LogP contribution is -2.56. The highest BCUT2D eigenvalue weighted by molar-refractivity contribution is 5.91. The molecule has 1 aromatic carbocycles. The molecule has 8 nitrogen and oxygen atoms in total. The van der Waals surface area contributed by atoms with E-state index in [1.165, 1.54) is 5.56 Å². The number of fused-ring (bicyclic) bond motifs is 1. The van der Waals surface area contributed by atoms with Crippen molar-refractivity contribution in [1.82, 2.24) is 25.2 Å². The van der Waals surface area contributed by atoms with E-state index in [9.17, 15) is 5.26 Å². The van der Waals surface area contributed by atoms with Gasteiger partial charge in [0.2, 0.25) is 5.96 Å². The summed E-state index contributed by atoms with van der Waals surface area (Å²) in [5, 5.41) is 13.2. The average Bonchev–Trinajstić information content (AvgIpc) is 3.14. The van der Waals surface area contributed by atoms with Crippen LogP contribution in [0, 0.1) is 18.4 Å². The summed E-state index contributed by atoms with van der Waals surface area (Å²) in [6, 6.07) is 8.33. The van der Waals surface area contributed by atoms with Gasteiger partial charge in [-0.2, -0.15) is 5.26 Å². The molecule has 0 saturated carbocycles. The van der Waals surface area contributed by atoms with Crippen LogP contribution in [0.2, 0.25) is 0 Å². The van der Waals surface area contributed by atoms with E-state index in [4.69, 9.17) is 4.99 Å². The van der Waals surface area contributed by atoms with E-state index < -0.39 is 0 Å². The molecule has 3 heterocycles. The van der Waals surface area contributed by atoms with E-state index in [0.717, 1.165) is 47.7 Å². The Morgan fingerprint density at radius 2 is 2.09 bits per heavy atom. The fourth-order valence-electron chi connectivity index (χ4n) is 4.18. The van der Waals surface area contributed by atoms with Gasteiger partial charge in [0.05, 0.1) is 11.1 Å². The van der Waals surface area contributed by atoms with Gasteiger partial charge in [-0.15, -0.1) is 0 Å². The smallest absolute Gasteiger partial charge is 0.212 e. The first kappa shape index (κ1) is 21.6. The van der Waals surface area contributed by atoms with Gasteiger partial charge in [0, 0.05) is 31.9 Å². The number of nitrogens with one attached hydrogen (secondary N) is 2. The molecule has 0 amide bonds. The van der Waals surface area contributed by atoms with Gasteiger partial charge in [-0.25, -0.2) is 15.0 Å². The fraction of sp³-hybridized carbons (Fsp3) is 0.417. The van der Waals surface area contributed by atoms with Crippen molar-refractivity contribution in [3.05, 3.63) is 47.9 Å². The van der Waals surface area contributed by atoms with Crippen LogP contribution in [0.1, 0.15) is 38.8 Å². The van der Waals surface area contributed by atoms with Gasteiger partial charge in [0.25, 0.3) is 0 Å². The molecule has 0 unspecified atom stereocenters. The zero-order chi connectivity index (χ0) is 22.9. The Kier molecular flexibility index (Phi) is 5.74. The van der Waals surface area contributed by atoms with Gasteiger partial charge in [-0.1, -0.05) is 32.9 Å². The molecule has 1 aliphatic heterocycles. The number of hydrogen-bond donors (Lipinski definition) is 2. The molecule has 1 saturated heterocycles. The summed E-state index contributed by atoms with van der Waals surface area (Å²) < 4.78 is 0. The number of aryl methyl sites for hydroxylation is 1. The lowest BCUT2D eigenvalue weighted by atomic mass is 9.87. The van der Waals surface area contributed by atoms with Crippen molar-refractivity contribution < 1.29 is 0 Å². The second-order valence-corrected chi connectivity index (χ2v) is 9.35. The van der Waals surface area contributed by atoms with Crippen molar-refractivity contribution in [2.45, 2.75) is 46.1 Å². The van der Waals surface area contributed by atoms with Gasteiger partial charge in [0.1, 0.15) is 17.8 Å². The van der Waals surface area contributed by atoms with Crippen molar-refractivity contribution >= 4 is 28.5 Å². The number of guanidine groups is 1. The predicted octanol–water partition coefficient (Wildman–Crippen LogP) is 3.83. The third-order valence-corrected chi connectivity index (χ3v) is 5.96. The first-order valence-electron chi connectivity index (χ1n) is 10.9. The minimum absolute atomic E-state index is 0.0342. The van der Waals surface area contributed by atoms with Crippen molar-refractivity contribution in [3.63, 3.8) is 0 Å². The Bertz CT molecular complexity index is 1180. The van der Waals surface area contributed by atoms with Crippen LogP contribution in [-0.2, 0) is 5.41 Å². The highest BCUT2D eigenvalue weighted by Gasteiger charge is 2.28. The van der Waals surface area contributed by atoms with Crippen LogP contribution in [-0.4, -0.2) is 51.5 Å². The first-order valence-corrected chi connectivity index (χ1v) is 10.9. The van der Waals surface area contributed by atoms with Crippen LogP contribution in [0.3, 0.4) is 0 Å². The third-order valence-electron chi connectivity index (χ3n) is 5.96. The van der Waals surface area contributed by atoms with Crippen molar-refractivity contribution in [2.75, 3.05) is 24.5 Å². The normalized spacial score (nSPS) is 17.5. The van der Waals surface area contributed by atoms with Crippen molar-refractivity contribution in [1.29, 1.82) is 5.26 Å². The number of rotatable bonds is 2. The number of H-pyrrole nitrogens is 1. The molecular formula is C24H30N8. The molecule has 1 fully saturated rings. The number of hydrogen-bond acceptors (Lipinski definition) is 5. The number of benzene rings is 1. The minimum atomic E-state index is 0.0342. The van der Waals surface area contributed by atoms with E-state index in [1.54, 1.807) is 6.33 Å². The summed E-state index contributed by atoms with van der Waals surface area (Å²) in [5.74, 6) is 1.53. The molecule has 2 N–H and O–H groups in total. The van der Waals surface area contributed by atoms with Gasteiger partial charge >= 0.3 is 0 Å². The molecule has 1 aliphatic rings. The molecule has 4 rings (SSSR count). The Labute approximate surface area is 189 Å². The number of nitriles is 1. The Morgan fingerprint density at radius 1 is 1.28 bits per heavy atom. The van der Waals surface area contributed by atoms with Crippen LogP contribution in [0.5, 0.6) is 0 Å². The Balaban J connectivity index is 1.59. The molecule has 0 aliphatic carbocycles. The molecular weight excluding hydrogens is 400 g/mol. The monoisotopic (exact) mass is 430 g/mol. The van der Waals surface area contributed by atoms with Crippen molar-refractivity contribution in [3.8, 4) is 6.19 Å². The topological polar surface area (TPSA) is 96.2 Å². The molecule has 0 radical (unpaired) electrons. The molecule has 2 aromatic heterocycles. The van der Waals surface area contributed by atoms with Gasteiger partial charge < -0.3 is 14.8 Å². The summed E-state index contributed by atoms with van der Waals surface area (Å²) >= 11 is 0. The van der Waals surface area contributed by atoms with E-state index in [2.05, 4.69) is 83.0 Å². The van der Waals surface area contributed by atoms with E-state index in [-0.39, 0.29) is 11.5 Å². The summed E-state index contributed by atoms with van der Waals surface area (Å²) in [6.07, 6.45) is 5.64. The minimum Gasteiger partial charge on any atom is -0.352 e. The summed E-state index contributed by atoms with van der Waals surface area (Å²) in [4.78, 5) is 21.4. The standard InChI is InChI=1S/C24H30N8/c1-16-12-26-21-20(16)22(29-15-28-21)31-9-10-32(17(2)13-31)23(27-14-25)30-19-8-6-7-18(11-19)24(3,4)5/h6-8,11-12,15,17H,9-10,13H2,1-5H3,(H,27,30)(H,26,28,29)/t17-/m0/s1. The molecule has 1 atom stereocenters. The van der Waals surface area contributed by atoms with Gasteiger partial charge in [-0.05, 0) is 42.5 Å². The van der Waals surface area contributed by atoms with Crippen LogP contribution in [0.25, 0.3) is 11.0 Å². The first-order chi connectivity index (χ1) is 15.3. The summed E-state index contributed by atoms with van der Waals surface area (Å²) in [7, 11) is 0. The third kappa shape index (κ3) is 4.24. The Hall–Kier alpha value is -3.60. The van der Waals surface area contributed by atoms with E-state index >= 15 is 0 Å². The van der Waals surface area contributed by atoms with Crippen LogP contribution in [0.4, 0.5) is 11.5 Å². The number of anilines is 1. The molecule has 32 heavy (non-hydrogen) atoms. The highest BCUT2D eigenvalue weighted by Crippen LogP contribution is 2.29. The maximum atomic E-state index is 9.37. The number of aromatic nitrogens is 3. The largest absolute Gasteiger partial charge is 0.352 e. The second-order valence-electron chi connectivity index (χ2n) is 9.35. The maximum absolute atomic E-state index is 9.37. The number of piperazine rings is 1. The second kappa shape index (κ2) is 8.50. The van der Waals surface area contributed by atoms with Gasteiger partial charge in [0.15, 0.2) is 6.19 Å². The maximum Gasteiger partial charge on any atom is 0.212 e. The van der Waals surface area contributed by atoms with E-state index in [1.807, 2.05) is 18.3 Å². The van der Waals surface area contributed by atoms with Crippen LogP contribution in [0.15, 0.2) is 41.8 Å². The molecule has 0 spiro atoms. The number of aromatic amines is 1. The van der Waals surface area contributed by atoms with Crippen molar-refractivity contribution in [2.24, 2.45) is 4.99 Å². The predicted molar refractivity (Wildman–Crippen MR) is 128 cm³/mol. The Morgan fingerprint density at radius 3 is 2.81 bits per heavy atom. The lowest BCUT2D eigenvalue weighted by molar-refractivity contribution is 0.291. The van der Waals surface area contributed by atoms with Crippen LogP contribution >= 0.6 is 0 Å². The lowest BCUT2D eigenvalue weighted by Gasteiger charge is -2.41. The highest BCUT2D eigenvalue weighted by atomic mass is 15.4. The van der Waals surface area contributed by atoms with E-state index in [0.29, 0.717) is 5.96 Å². The quantitative estimate of drug-likeness (QED) is 0.278. The number of nitrogens with zero attached hydrogens (tertiary/aromatic N) is 6. The average molecular weight is 431 g/mol. The fourth-order valence-corrected chi connectivity index (χ4v) is 4.18. The molecule has 0 bridgehead atoms. The zero-order valence-electron chi connectivity index (χ0n) is 19.3.